The van der Waals surface area contributed by atoms with Crippen LogP contribution in [0.25, 0.3) is 0 Å². The summed E-state index contributed by atoms with van der Waals surface area (Å²) in [6.45, 7) is 8.97. The Morgan fingerprint density at radius 2 is 1.59 bits per heavy atom. The van der Waals surface area contributed by atoms with Gasteiger partial charge in [0.2, 0.25) is 10.0 Å². The third kappa shape index (κ3) is 6.72. The monoisotopic (exact) mass is 519 g/mol. The van der Waals surface area contributed by atoms with Crippen molar-refractivity contribution in [1.29, 1.82) is 0 Å². The number of sulfonamides is 1. The molecule has 7 heteroatoms. The van der Waals surface area contributed by atoms with Crippen LogP contribution < -0.4 is 14.5 Å². The van der Waals surface area contributed by atoms with Crippen molar-refractivity contribution >= 4 is 27.3 Å². The zero-order valence-corrected chi connectivity index (χ0v) is 23.0. The minimum absolute atomic E-state index is 0.157. The number of hydrogen-bond donors (Lipinski definition) is 1. The van der Waals surface area contributed by atoms with Crippen LogP contribution in [-0.2, 0) is 23.1 Å². The van der Waals surface area contributed by atoms with E-state index in [0.717, 1.165) is 41.3 Å². The number of carbonyl (C=O) groups excluding carboxylic acids is 1. The quantitative estimate of drug-likeness (QED) is 0.431. The molecule has 1 amide bonds. The molecule has 4 rings (SSSR count). The molecule has 3 aromatic rings. The van der Waals surface area contributed by atoms with E-state index < -0.39 is 10.0 Å². The predicted octanol–water partition coefficient (Wildman–Crippen LogP) is 5.44. The van der Waals surface area contributed by atoms with Crippen LogP contribution in [0.3, 0.4) is 0 Å². The molecule has 1 unspecified atom stereocenters. The molecular weight excluding hydrogens is 482 g/mol. The lowest BCUT2D eigenvalue weighted by atomic mass is 9.99. The summed E-state index contributed by atoms with van der Waals surface area (Å²) in [6, 6.07) is 21.3. The molecule has 3 aromatic carbocycles. The summed E-state index contributed by atoms with van der Waals surface area (Å²) in [7, 11) is -3.49. The third-order valence-electron chi connectivity index (χ3n) is 7.04. The van der Waals surface area contributed by atoms with Gasteiger partial charge in [-0.3, -0.25) is 9.10 Å². The van der Waals surface area contributed by atoms with E-state index in [-0.39, 0.29) is 12.5 Å². The number of para-hydroxylation sites is 1. The summed E-state index contributed by atoms with van der Waals surface area (Å²) < 4.78 is 26.7. The molecule has 0 bridgehead atoms. The second kappa shape index (κ2) is 11.4. The fourth-order valence-electron chi connectivity index (χ4n) is 5.02. The topological polar surface area (TPSA) is 69.7 Å². The van der Waals surface area contributed by atoms with Gasteiger partial charge in [-0.2, -0.15) is 0 Å². The number of nitrogens with one attached hydrogen (secondary N) is 1. The minimum Gasteiger partial charge on any atom is -0.371 e. The lowest BCUT2D eigenvalue weighted by Gasteiger charge is -2.32. The van der Waals surface area contributed by atoms with Gasteiger partial charge in [-0.15, -0.1) is 0 Å². The van der Waals surface area contributed by atoms with E-state index in [0.29, 0.717) is 17.8 Å². The van der Waals surface area contributed by atoms with Crippen LogP contribution in [0.2, 0.25) is 0 Å². The Labute approximate surface area is 221 Å². The number of aryl methyl sites for hydroxylation is 2. The van der Waals surface area contributed by atoms with Crippen molar-refractivity contribution in [1.82, 2.24) is 5.32 Å². The minimum atomic E-state index is -3.49. The number of rotatable bonds is 8. The van der Waals surface area contributed by atoms with E-state index >= 15 is 0 Å². The molecule has 37 heavy (non-hydrogen) atoms. The standard InChI is InChI=1S/C30H37N3O3S/c1-22-7-6-18-32(20-22)28-16-12-25(13-17-28)19-31-30(34)27-14-10-26(11-15-27)21-33(37(4,35)36)29-23(2)8-5-9-24(29)3/h5,8-17,22H,6-7,18-21H2,1-4H3,(H,31,34). The van der Waals surface area contributed by atoms with Gasteiger partial charge in [0.1, 0.15) is 0 Å². The van der Waals surface area contributed by atoms with Gasteiger partial charge >= 0.3 is 0 Å². The summed E-state index contributed by atoms with van der Waals surface area (Å²) in [5, 5.41) is 2.99. The van der Waals surface area contributed by atoms with Crippen molar-refractivity contribution in [3.63, 3.8) is 0 Å². The van der Waals surface area contributed by atoms with Crippen molar-refractivity contribution in [2.75, 3.05) is 28.6 Å². The summed E-state index contributed by atoms with van der Waals surface area (Å²) in [4.78, 5) is 15.2. The molecule has 1 fully saturated rings. The average Bonchev–Trinajstić information content (AvgIpc) is 2.86. The first-order chi connectivity index (χ1) is 17.6. The Kier molecular flexibility index (Phi) is 8.22. The Bertz CT molecular complexity index is 1320. The highest BCUT2D eigenvalue weighted by molar-refractivity contribution is 7.92. The van der Waals surface area contributed by atoms with E-state index in [1.165, 1.54) is 29.1 Å². The van der Waals surface area contributed by atoms with Crippen molar-refractivity contribution in [3.8, 4) is 0 Å². The Balaban J connectivity index is 1.38. The van der Waals surface area contributed by atoms with Crippen LogP contribution in [0.1, 0.15) is 52.4 Å². The number of nitrogens with zero attached hydrogens (tertiary/aromatic N) is 2. The van der Waals surface area contributed by atoms with Gasteiger partial charge in [0.25, 0.3) is 5.91 Å². The molecule has 0 spiro atoms. The van der Waals surface area contributed by atoms with Crippen LogP contribution >= 0.6 is 0 Å². The van der Waals surface area contributed by atoms with Gasteiger partial charge in [-0.05, 0) is 79.1 Å². The summed E-state index contributed by atoms with van der Waals surface area (Å²) in [5.74, 6) is 0.565. The molecule has 0 aromatic heterocycles. The molecule has 1 atom stereocenters. The highest BCUT2D eigenvalue weighted by Gasteiger charge is 2.21. The predicted molar refractivity (Wildman–Crippen MR) is 152 cm³/mol. The van der Waals surface area contributed by atoms with E-state index in [9.17, 15) is 13.2 Å². The lowest BCUT2D eigenvalue weighted by Crippen LogP contribution is -2.34. The first kappa shape index (κ1) is 26.7. The Hall–Kier alpha value is -3.32. The SMILES string of the molecule is Cc1cccc(C)c1N(Cc1ccc(C(=O)NCc2ccc(N3CCCC(C)C3)cc2)cc1)S(C)(=O)=O. The summed E-state index contributed by atoms with van der Waals surface area (Å²) in [6.07, 6.45) is 3.75. The van der Waals surface area contributed by atoms with Gasteiger partial charge in [0.05, 0.1) is 18.5 Å². The highest BCUT2D eigenvalue weighted by atomic mass is 32.2. The number of anilines is 2. The number of piperidine rings is 1. The number of amides is 1. The van der Waals surface area contributed by atoms with Gasteiger partial charge < -0.3 is 10.2 Å². The molecule has 1 N–H and O–H groups in total. The summed E-state index contributed by atoms with van der Waals surface area (Å²) >= 11 is 0. The first-order valence-corrected chi connectivity index (χ1v) is 14.7. The number of carbonyl (C=O) groups is 1. The maximum Gasteiger partial charge on any atom is 0.251 e. The maximum atomic E-state index is 12.7. The van der Waals surface area contributed by atoms with Crippen molar-refractivity contribution < 1.29 is 13.2 Å². The highest BCUT2D eigenvalue weighted by Crippen LogP contribution is 2.28. The molecule has 0 aliphatic carbocycles. The van der Waals surface area contributed by atoms with Crippen molar-refractivity contribution in [2.45, 2.75) is 46.7 Å². The van der Waals surface area contributed by atoms with Crippen LogP contribution in [0.5, 0.6) is 0 Å². The average molecular weight is 520 g/mol. The Morgan fingerprint density at radius 3 is 2.19 bits per heavy atom. The van der Waals surface area contributed by atoms with Gasteiger partial charge in [0.15, 0.2) is 0 Å². The number of benzene rings is 3. The zero-order valence-electron chi connectivity index (χ0n) is 22.2. The second-order valence-electron chi connectivity index (χ2n) is 10.2. The van der Waals surface area contributed by atoms with E-state index in [1.54, 1.807) is 12.1 Å². The molecule has 1 saturated heterocycles. The van der Waals surface area contributed by atoms with E-state index in [2.05, 4.69) is 41.4 Å². The van der Waals surface area contributed by atoms with Crippen LogP contribution in [0.4, 0.5) is 11.4 Å². The second-order valence-corrected chi connectivity index (χ2v) is 12.2. The van der Waals surface area contributed by atoms with Crippen LogP contribution in [0.15, 0.2) is 66.7 Å². The first-order valence-electron chi connectivity index (χ1n) is 12.9. The van der Waals surface area contributed by atoms with E-state index in [4.69, 9.17) is 0 Å². The fourth-order valence-corrected chi connectivity index (χ4v) is 6.02. The third-order valence-corrected chi connectivity index (χ3v) is 8.16. The fraction of sp³-hybridized carbons (Fsp3) is 0.367. The van der Waals surface area contributed by atoms with Crippen molar-refractivity contribution in [2.24, 2.45) is 5.92 Å². The smallest absolute Gasteiger partial charge is 0.251 e. The molecule has 6 nitrogen and oxygen atoms in total. The van der Waals surface area contributed by atoms with Gasteiger partial charge in [-0.25, -0.2) is 8.42 Å². The molecule has 1 heterocycles. The van der Waals surface area contributed by atoms with Gasteiger partial charge in [-0.1, -0.05) is 49.4 Å². The molecular formula is C30H37N3O3S. The van der Waals surface area contributed by atoms with Crippen molar-refractivity contribution in [3.05, 3.63) is 94.5 Å². The molecule has 0 radical (unpaired) electrons. The van der Waals surface area contributed by atoms with Crippen LogP contribution in [0, 0.1) is 19.8 Å². The molecule has 0 saturated carbocycles. The molecule has 1 aliphatic heterocycles. The van der Waals surface area contributed by atoms with Gasteiger partial charge in [0, 0.05) is 30.9 Å². The molecule has 1 aliphatic rings. The maximum absolute atomic E-state index is 12.7. The van der Waals surface area contributed by atoms with Crippen LogP contribution in [-0.4, -0.2) is 33.7 Å². The largest absolute Gasteiger partial charge is 0.371 e. The summed E-state index contributed by atoms with van der Waals surface area (Å²) in [5.41, 5.74) is 6.15. The van der Waals surface area contributed by atoms with E-state index in [1.807, 2.05) is 44.2 Å². The number of hydrogen-bond acceptors (Lipinski definition) is 4. The normalized spacial score (nSPS) is 15.9. The molecule has 196 valence electrons. The zero-order chi connectivity index (χ0) is 26.6. The Morgan fingerprint density at radius 1 is 0.973 bits per heavy atom. The lowest BCUT2D eigenvalue weighted by molar-refractivity contribution is 0.0951.